The number of aromatic nitrogens is 2. The Kier molecular flexibility index (Phi) is 4.56. The molecule has 0 radical (unpaired) electrons. The fraction of sp³-hybridized carbons (Fsp3) is 0.167. The Morgan fingerprint density at radius 1 is 1.12 bits per heavy atom. The minimum absolute atomic E-state index is 0.213. The van der Waals surface area contributed by atoms with E-state index in [4.69, 9.17) is 5.11 Å². The van der Waals surface area contributed by atoms with Crippen LogP contribution < -0.4 is 10.6 Å². The lowest BCUT2D eigenvalue weighted by atomic mass is 10.2. The van der Waals surface area contributed by atoms with Crippen LogP contribution >= 0.6 is 0 Å². The molecule has 0 unspecified atom stereocenters. The van der Waals surface area contributed by atoms with Crippen LogP contribution in [0.15, 0.2) is 48.5 Å². The van der Waals surface area contributed by atoms with Gasteiger partial charge in [0.05, 0.1) is 11.1 Å². The monoisotopic (exact) mass is 322 g/mol. The van der Waals surface area contributed by atoms with Crippen LogP contribution in [-0.2, 0) is 0 Å². The number of fused-ring (bicyclic) bond motifs is 1. The molecule has 0 aliphatic heterocycles. The van der Waals surface area contributed by atoms with E-state index in [-0.39, 0.29) is 5.56 Å². The number of anilines is 3. The van der Waals surface area contributed by atoms with Gasteiger partial charge in [0.25, 0.3) is 0 Å². The molecular weight excluding hydrogens is 304 g/mol. The molecule has 3 aromatic rings. The Hall–Kier alpha value is -3.15. The minimum Gasteiger partial charge on any atom is -0.478 e. The van der Waals surface area contributed by atoms with Crippen molar-refractivity contribution in [3.63, 3.8) is 0 Å². The van der Waals surface area contributed by atoms with Crippen LogP contribution in [0.2, 0.25) is 0 Å². The first-order chi connectivity index (χ1) is 11.7. The van der Waals surface area contributed by atoms with Gasteiger partial charge in [0.2, 0.25) is 5.95 Å². The summed E-state index contributed by atoms with van der Waals surface area (Å²) in [6.07, 6.45) is 0.988. The van der Waals surface area contributed by atoms with Gasteiger partial charge in [0, 0.05) is 17.6 Å². The second-order valence-electron chi connectivity index (χ2n) is 5.35. The molecule has 0 spiro atoms. The summed E-state index contributed by atoms with van der Waals surface area (Å²) >= 11 is 0. The highest BCUT2D eigenvalue weighted by atomic mass is 16.4. The molecule has 0 saturated carbocycles. The molecule has 24 heavy (non-hydrogen) atoms. The summed E-state index contributed by atoms with van der Waals surface area (Å²) in [4.78, 5) is 20.1. The maximum absolute atomic E-state index is 11.1. The van der Waals surface area contributed by atoms with Gasteiger partial charge >= 0.3 is 5.97 Å². The first-order valence-corrected chi connectivity index (χ1v) is 7.78. The second kappa shape index (κ2) is 6.95. The van der Waals surface area contributed by atoms with Crippen LogP contribution in [0.3, 0.4) is 0 Å². The highest BCUT2D eigenvalue weighted by molar-refractivity contribution is 5.91. The summed E-state index contributed by atoms with van der Waals surface area (Å²) in [5.41, 5.74) is 1.67. The molecule has 2 aromatic carbocycles. The van der Waals surface area contributed by atoms with Crippen molar-refractivity contribution in [1.82, 2.24) is 9.97 Å². The van der Waals surface area contributed by atoms with Crippen molar-refractivity contribution in [2.75, 3.05) is 17.2 Å². The number of hydrogen-bond acceptors (Lipinski definition) is 5. The van der Waals surface area contributed by atoms with Gasteiger partial charge in [-0.05, 0) is 36.8 Å². The van der Waals surface area contributed by atoms with E-state index in [0.717, 1.165) is 29.7 Å². The first kappa shape index (κ1) is 15.7. The molecule has 0 fully saturated rings. The van der Waals surface area contributed by atoms with Crippen LogP contribution in [0.1, 0.15) is 23.7 Å². The number of benzene rings is 2. The number of carboxylic acids is 1. The summed E-state index contributed by atoms with van der Waals surface area (Å²) in [6.45, 7) is 2.90. The maximum atomic E-state index is 11.1. The summed E-state index contributed by atoms with van der Waals surface area (Å²) in [5.74, 6) is 0.220. The molecule has 0 amide bonds. The number of rotatable bonds is 6. The van der Waals surface area contributed by atoms with Gasteiger partial charge in [-0.2, -0.15) is 4.98 Å². The van der Waals surface area contributed by atoms with Gasteiger partial charge in [-0.1, -0.05) is 25.1 Å². The SMILES string of the molecule is CCCNc1nc(Nc2cccc(C(=O)O)c2)nc2ccccc12. The zero-order valence-corrected chi connectivity index (χ0v) is 13.3. The minimum atomic E-state index is -0.969. The zero-order chi connectivity index (χ0) is 16.9. The summed E-state index contributed by atoms with van der Waals surface area (Å²) < 4.78 is 0. The third-order valence-electron chi connectivity index (χ3n) is 3.51. The zero-order valence-electron chi connectivity index (χ0n) is 13.3. The molecule has 3 rings (SSSR count). The normalized spacial score (nSPS) is 10.5. The van der Waals surface area contributed by atoms with Gasteiger partial charge in [-0.15, -0.1) is 0 Å². The maximum Gasteiger partial charge on any atom is 0.335 e. The molecule has 0 saturated heterocycles. The smallest absolute Gasteiger partial charge is 0.335 e. The number of nitrogens with zero attached hydrogens (tertiary/aromatic N) is 2. The fourth-order valence-electron chi connectivity index (χ4n) is 2.37. The molecule has 0 aliphatic carbocycles. The van der Waals surface area contributed by atoms with Gasteiger partial charge in [0.15, 0.2) is 0 Å². The van der Waals surface area contributed by atoms with E-state index in [2.05, 4.69) is 27.5 Å². The molecular formula is C18H18N4O2. The average Bonchev–Trinajstić information content (AvgIpc) is 2.60. The van der Waals surface area contributed by atoms with E-state index in [1.165, 1.54) is 0 Å². The fourth-order valence-corrected chi connectivity index (χ4v) is 2.37. The summed E-state index contributed by atoms with van der Waals surface area (Å²) in [5, 5.41) is 16.4. The van der Waals surface area contributed by atoms with Crippen LogP contribution in [0.4, 0.5) is 17.5 Å². The van der Waals surface area contributed by atoms with Gasteiger partial charge in [-0.25, -0.2) is 9.78 Å². The Morgan fingerprint density at radius 3 is 2.75 bits per heavy atom. The summed E-state index contributed by atoms with van der Waals surface area (Å²) in [6, 6.07) is 14.3. The second-order valence-corrected chi connectivity index (χ2v) is 5.35. The third kappa shape index (κ3) is 3.43. The van der Waals surface area contributed by atoms with Crippen LogP contribution in [-0.4, -0.2) is 27.6 Å². The molecule has 6 heteroatoms. The predicted molar refractivity (Wildman–Crippen MR) is 95.0 cm³/mol. The van der Waals surface area contributed by atoms with Crippen LogP contribution in [0, 0.1) is 0 Å². The number of nitrogens with one attached hydrogen (secondary N) is 2. The van der Waals surface area contributed by atoms with Gasteiger partial charge < -0.3 is 15.7 Å². The molecule has 6 nitrogen and oxygen atoms in total. The predicted octanol–water partition coefficient (Wildman–Crippen LogP) is 3.89. The lowest BCUT2D eigenvalue weighted by Gasteiger charge is -2.11. The van der Waals surface area contributed by atoms with E-state index in [0.29, 0.717) is 11.6 Å². The highest BCUT2D eigenvalue weighted by Gasteiger charge is 2.08. The van der Waals surface area contributed by atoms with E-state index < -0.39 is 5.97 Å². The van der Waals surface area contributed by atoms with Crippen molar-refractivity contribution in [3.05, 3.63) is 54.1 Å². The number of carbonyl (C=O) groups is 1. The van der Waals surface area contributed by atoms with Gasteiger partial charge in [0.1, 0.15) is 5.82 Å². The quantitative estimate of drug-likeness (QED) is 0.638. The van der Waals surface area contributed by atoms with E-state index in [9.17, 15) is 4.79 Å². The van der Waals surface area contributed by atoms with E-state index in [1.807, 2.05) is 24.3 Å². The van der Waals surface area contributed by atoms with E-state index in [1.54, 1.807) is 24.3 Å². The number of aromatic carboxylic acids is 1. The van der Waals surface area contributed by atoms with Crippen molar-refractivity contribution in [3.8, 4) is 0 Å². The number of para-hydroxylation sites is 1. The van der Waals surface area contributed by atoms with Crippen LogP contribution in [0.25, 0.3) is 10.9 Å². The Morgan fingerprint density at radius 2 is 1.96 bits per heavy atom. The Bertz CT molecular complexity index is 880. The van der Waals surface area contributed by atoms with Crippen molar-refractivity contribution >= 4 is 34.3 Å². The summed E-state index contributed by atoms with van der Waals surface area (Å²) in [7, 11) is 0. The van der Waals surface area contributed by atoms with Crippen LogP contribution in [0.5, 0.6) is 0 Å². The van der Waals surface area contributed by atoms with Crippen molar-refractivity contribution in [2.45, 2.75) is 13.3 Å². The molecule has 1 aromatic heterocycles. The van der Waals surface area contributed by atoms with Gasteiger partial charge in [-0.3, -0.25) is 0 Å². The van der Waals surface area contributed by atoms with Crippen molar-refractivity contribution in [2.24, 2.45) is 0 Å². The lowest BCUT2D eigenvalue weighted by Crippen LogP contribution is -2.06. The highest BCUT2D eigenvalue weighted by Crippen LogP contribution is 2.23. The Balaban J connectivity index is 1.97. The molecule has 122 valence electrons. The largest absolute Gasteiger partial charge is 0.478 e. The average molecular weight is 322 g/mol. The Labute approximate surface area is 139 Å². The standard InChI is InChI=1S/C18H18N4O2/c1-2-10-19-16-14-8-3-4-9-15(14)21-18(22-16)20-13-7-5-6-12(11-13)17(23)24/h3-9,11H,2,10H2,1H3,(H,23,24)(H2,19,20,21,22). The number of hydrogen-bond donors (Lipinski definition) is 3. The molecule has 3 N–H and O–H groups in total. The number of carboxylic acid groups (broad SMARTS) is 1. The third-order valence-corrected chi connectivity index (χ3v) is 3.51. The molecule has 1 heterocycles. The lowest BCUT2D eigenvalue weighted by molar-refractivity contribution is 0.0697. The van der Waals surface area contributed by atoms with Crippen molar-refractivity contribution in [1.29, 1.82) is 0 Å². The van der Waals surface area contributed by atoms with E-state index >= 15 is 0 Å². The molecule has 0 bridgehead atoms. The van der Waals surface area contributed by atoms with Crippen molar-refractivity contribution < 1.29 is 9.90 Å². The molecule has 0 aliphatic rings. The molecule has 0 atom stereocenters. The first-order valence-electron chi connectivity index (χ1n) is 7.78. The topological polar surface area (TPSA) is 87.1 Å².